The summed E-state index contributed by atoms with van der Waals surface area (Å²) in [6.45, 7) is 2.43. The molecule has 0 radical (unpaired) electrons. The van der Waals surface area contributed by atoms with Gasteiger partial charge in [-0.1, -0.05) is 36.4 Å². The van der Waals surface area contributed by atoms with E-state index in [1.54, 1.807) is 36.3 Å². The van der Waals surface area contributed by atoms with Crippen LogP contribution in [0.3, 0.4) is 0 Å². The van der Waals surface area contributed by atoms with Crippen LogP contribution in [0.1, 0.15) is 16.1 Å². The van der Waals surface area contributed by atoms with E-state index in [4.69, 9.17) is 0 Å². The predicted molar refractivity (Wildman–Crippen MR) is 99.7 cm³/mol. The fourth-order valence-corrected chi connectivity index (χ4v) is 3.26. The maximum Gasteiger partial charge on any atom is 0.272 e. The zero-order valence-electron chi connectivity index (χ0n) is 15.0. The molecule has 2 amide bonds. The Bertz CT molecular complexity index is 736. The second kappa shape index (κ2) is 8.58. The van der Waals surface area contributed by atoms with Gasteiger partial charge in [-0.2, -0.15) is 0 Å². The summed E-state index contributed by atoms with van der Waals surface area (Å²) in [6.07, 6.45) is 2.49. The van der Waals surface area contributed by atoms with Crippen molar-refractivity contribution in [3.05, 3.63) is 66.0 Å². The van der Waals surface area contributed by atoms with Gasteiger partial charge in [0.25, 0.3) is 5.91 Å². The lowest BCUT2D eigenvalue weighted by molar-refractivity contribution is -0.127. The average Bonchev–Trinajstić information content (AvgIpc) is 2.72. The lowest BCUT2D eigenvalue weighted by atomic mass is 10.1. The van der Waals surface area contributed by atoms with Gasteiger partial charge in [-0.05, 0) is 24.1 Å². The van der Waals surface area contributed by atoms with Crippen LogP contribution >= 0.6 is 0 Å². The van der Waals surface area contributed by atoms with Crippen LogP contribution in [0.5, 0.6) is 0 Å². The smallest absolute Gasteiger partial charge is 0.272 e. The molecule has 1 aliphatic rings. The molecule has 0 aliphatic carbocycles. The quantitative estimate of drug-likeness (QED) is 0.878. The number of likely N-dealkylation sites (N-methyl/N-ethyl adjacent to an activating group) is 1. The van der Waals surface area contributed by atoms with Crippen LogP contribution < -0.4 is 5.32 Å². The van der Waals surface area contributed by atoms with E-state index in [1.165, 1.54) is 5.56 Å². The van der Waals surface area contributed by atoms with Crippen LogP contribution in [0.2, 0.25) is 0 Å². The molecule has 0 saturated carbocycles. The van der Waals surface area contributed by atoms with E-state index in [0.717, 1.165) is 13.0 Å². The van der Waals surface area contributed by atoms with Crippen LogP contribution in [0.4, 0.5) is 0 Å². The first kappa shape index (κ1) is 18.1. The molecule has 2 heterocycles. The zero-order chi connectivity index (χ0) is 18.4. The first-order valence-corrected chi connectivity index (χ1v) is 8.89. The summed E-state index contributed by atoms with van der Waals surface area (Å²) < 4.78 is 0. The van der Waals surface area contributed by atoms with Crippen LogP contribution in [0, 0.1) is 0 Å². The van der Waals surface area contributed by atoms with E-state index in [9.17, 15) is 9.59 Å². The van der Waals surface area contributed by atoms with E-state index in [-0.39, 0.29) is 17.9 Å². The molecule has 6 nitrogen and oxygen atoms in total. The monoisotopic (exact) mass is 352 g/mol. The molecule has 1 aromatic carbocycles. The number of rotatable bonds is 5. The molecule has 1 N–H and O–H groups in total. The molecule has 1 fully saturated rings. The minimum absolute atomic E-state index is 0.0587. The summed E-state index contributed by atoms with van der Waals surface area (Å²) >= 11 is 0. The van der Waals surface area contributed by atoms with Crippen molar-refractivity contribution in [2.75, 3.05) is 33.2 Å². The van der Waals surface area contributed by atoms with Crippen LogP contribution in [-0.4, -0.2) is 65.9 Å². The maximum atomic E-state index is 12.7. The molecule has 1 aromatic heterocycles. The minimum atomic E-state index is -0.342. The zero-order valence-corrected chi connectivity index (χ0v) is 15.0. The third kappa shape index (κ3) is 4.26. The number of hydrogen-bond acceptors (Lipinski definition) is 4. The topological polar surface area (TPSA) is 65.5 Å². The lowest BCUT2D eigenvalue weighted by Crippen LogP contribution is -2.60. The number of nitrogens with one attached hydrogen (secondary N) is 1. The molecule has 0 bridgehead atoms. The number of hydrogen-bond donors (Lipinski definition) is 1. The summed E-state index contributed by atoms with van der Waals surface area (Å²) in [4.78, 5) is 33.1. The fourth-order valence-electron chi connectivity index (χ4n) is 3.26. The van der Waals surface area contributed by atoms with Gasteiger partial charge >= 0.3 is 0 Å². The normalized spacial score (nSPS) is 17.7. The van der Waals surface area contributed by atoms with Gasteiger partial charge in [0.2, 0.25) is 5.91 Å². The van der Waals surface area contributed by atoms with E-state index in [2.05, 4.69) is 27.3 Å². The van der Waals surface area contributed by atoms with E-state index in [0.29, 0.717) is 25.3 Å². The summed E-state index contributed by atoms with van der Waals surface area (Å²) in [5, 5.41) is 2.73. The number of aromatic nitrogens is 1. The van der Waals surface area contributed by atoms with Crippen LogP contribution in [0.25, 0.3) is 0 Å². The first-order chi connectivity index (χ1) is 12.7. The summed E-state index contributed by atoms with van der Waals surface area (Å²) in [5.74, 6) is -0.182. The first-order valence-electron chi connectivity index (χ1n) is 8.89. The Morgan fingerprint density at radius 1 is 1.12 bits per heavy atom. The highest BCUT2D eigenvalue weighted by molar-refractivity contribution is 5.93. The second-order valence-electron chi connectivity index (χ2n) is 6.37. The number of piperazine rings is 1. The number of nitrogens with zero attached hydrogens (tertiary/aromatic N) is 3. The third-order valence-corrected chi connectivity index (χ3v) is 4.74. The molecule has 1 atom stereocenters. The van der Waals surface area contributed by atoms with Gasteiger partial charge in [0.1, 0.15) is 11.7 Å². The van der Waals surface area contributed by atoms with Crippen molar-refractivity contribution < 1.29 is 9.59 Å². The molecule has 0 unspecified atom stereocenters. The SMILES string of the molecule is CNC(=O)[C@H]1CN(C(=O)c2ccccn2)CCN1CCc1ccccc1. The number of benzene rings is 1. The molecule has 1 saturated heterocycles. The summed E-state index contributed by atoms with van der Waals surface area (Å²) in [6, 6.07) is 15.2. The molecule has 2 aromatic rings. The van der Waals surface area contributed by atoms with Gasteiger partial charge < -0.3 is 10.2 Å². The van der Waals surface area contributed by atoms with Crippen molar-refractivity contribution >= 4 is 11.8 Å². The molecule has 1 aliphatic heterocycles. The van der Waals surface area contributed by atoms with Crippen molar-refractivity contribution in [1.82, 2.24) is 20.1 Å². The predicted octanol–water partition coefficient (Wildman–Crippen LogP) is 1.20. The molecule has 6 heteroatoms. The molecule has 3 rings (SSSR count). The largest absolute Gasteiger partial charge is 0.358 e. The Labute approximate surface area is 153 Å². The Morgan fingerprint density at radius 3 is 2.58 bits per heavy atom. The number of carbonyl (C=O) groups excluding carboxylic acids is 2. The molecular weight excluding hydrogens is 328 g/mol. The highest BCUT2D eigenvalue weighted by Crippen LogP contribution is 2.14. The highest BCUT2D eigenvalue weighted by Gasteiger charge is 2.34. The third-order valence-electron chi connectivity index (χ3n) is 4.74. The Kier molecular flexibility index (Phi) is 5.96. The fraction of sp³-hybridized carbons (Fsp3) is 0.350. The van der Waals surface area contributed by atoms with Crippen molar-refractivity contribution in [3.8, 4) is 0 Å². The van der Waals surface area contributed by atoms with Crippen molar-refractivity contribution in [2.24, 2.45) is 0 Å². The number of carbonyl (C=O) groups is 2. The Morgan fingerprint density at radius 2 is 1.88 bits per heavy atom. The standard InChI is InChI=1S/C20H24N4O2/c1-21-19(25)18-15-24(20(26)17-9-5-6-11-22-17)14-13-23(18)12-10-16-7-3-2-4-8-16/h2-9,11,18H,10,12-15H2,1H3,(H,21,25)/t18-/m1/s1. The van der Waals surface area contributed by atoms with Gasteiger partial charge in [0.15, 0.2) is 0 Å². The molecule has 136 valence electrons. The average molecular weight is 352 g/mol. The van der Waals surface area contributed by atoms with Gasteiger partial charge in [-0.3, -0.25) is 19.5 Å². The van der Waals surface area contributed by atoms with Gasteiger partial charge in [-0.15, -0.1) is 0 Å². The van der Waals surface area contributed by atoms with Gasteiger partial charge in [0.05, 0.1) is 0 Å². The Balaban J connectivity index is 1.67. The van der Waals surface area contributed by atoms with Crippen LogP contribution in [-0.2, 0) is 11.2 Å². The molecule has 0 spiro atoms. The minimum Gasteiger partial charge on any atom is -0.358 e. The lowest BCUT2D eigenvalue weighted by Gasteiger charge is -2.40. The van der Waals surface area contributed by atoms with Crippen molar-refractivity contribution in [1.29, 1.82) is 0 Å². The molecular formula is C20H24N4O2. The van der Waals surface area contributed by atoms with E-state index in [1.807, 2.05) is 18.2 Å². The van der Waals surface area contributed by atoms with Crippen molar-refractivity contribution in [3.63, 3.8) is 0 Å². The van der Waals surface area contributed by atoms with Crippen molar-refractivity contribution in [2.45, 2.75) is 12.5 Å². The summed E-state index contributed by atoms with van der Waals surface area (Å²) in [7, 11) is 1.64. The van der Waals surface area contributed by atoms with Crippen LogP contribution in [0.15, 0.2) is 54.7 Å². The molecule has 26 heavy (non-hydrogen) atoms. The number of pyridine rings is 1. The number of amides is 2. The van der Waals surface area contributed by atoms with Gasteiger partial charge in [0, 0.05) is 39.4 Å². The maximum absolute atomic E-state index is 12.7. The summed E-state index contributed by atoms with van der Waals surface area (Å²) in [5.41, 5.74) is 1.66. The highest BCUT2D eigenvalue weighted by atomic mass is 16.2. The van der Waals surface area contributed by atoms with Gasteiger partial charge in [-0.25, -0.2) is 0 Å². The van der Waals surface area contributed by atoms with E-state index < -0.39 is 0 Å². The Hall–Kier alpha value is -2.73. The second-order valence-corrected chi connectivity index (χ2v) is 6.37. The van der Waals surface area contributed by atoms with E-state index >= 15 is 0 Å².